The van der Waals surface area contributed by atoms with Crippen molar-refractivity contribution in [2.24, 2.45) is 0 Å². The van der Waals surface area contributed by atoms with Crippen LogP contribution in [0.3, 0.4) is 0 Å². The van der Waals surface area contributed by atoms with Gasteiger partial charge in [-0.25, -0.2) is 4.79 Å². The fourth-order valence-corrected chi connectivity index (χ4v) is 4.43. The summed E-state index contributed by atoms with van der Waals surface area (Å²) in [5.74, 6) is -1.35. The Labute approximate surface area is 191 Å². The SMILES string of the molecule is CCOc1cc(/C=C2/SC(=O)N(CC(=O)N3CCCC3)C2=O)c(Br)cc1OCC(=O)O. The number of carboxylic acid groups (broad SMARTS) is 1. The number of carboxylic acids is 1. The van der Waals surface area contributed by atoms with Gasteiger partial charge in [-0.2, -0.15) is 0 Å². The van der Waals surface area contributed by atoms with Crippen LogP contribution in [0.1, 0.15) is 25.3 Å². The Morgan fingerprint density at radius 3 is 2.52 bits per heavy atom. The van der Waals surface area contributed by atoms with Crippen LogP contribution in [0, 0.1) is 0 Å². The van der Waals surface area contributed by atoms with E-state index in [0.29, 0.717) is 35.5 Å². The highest BCUT2D eigenvalue weighted by Crippen LogP contribution is 2.38. The fourth-order valence-electron chi connectivity index (χ4n) is 3.16. The lowest BCUT2D eigenvalue weighted by molar-refractivity contribution is -0.139. The predicted octanol–water partition coefficient (Wildman–Crippen LogP) is 2.97. The minimum Gasteiger partial charge on any atom is -0.490 e. The Morgan fingerprint density at radius 1 is 1.19 bits per heavy atom. The summed E-state index contributed by atoms with van der Waals surface area (Å²) in [5.41, 5.74) is 0.544. The number of thioether (sulfide) groups is 1. The number of halogens is 1. The second kappa shape index (κ2) is 10.2. The van der Waals surface area contributed by atoms with Crippen molar-refractivity contribution < 1.29 is 33.8 Å². The topological polar surface area (TPSA) is 113 Å². The zero-order chi connectivity index (χ0) is 22.5. The third kappa shape index (κ3) is 5.59. The van der Waals surface area contributed by atoms with Gasteiger partial charge in [0, 0.05) is 17.6 Å². The monoisotopic (exact) mass is 512 g/mol. The number of rotatable bonds is 8. The smallest absolute Gasteiger partial charge is 0.341 e. The number of hydrogen-bond donors (Lipinski definition) is 1. The van der Waals surface area contributed by atoms with E-state index in [1.807, 2.05) is 0 Å². The number of carbonyl (C=O) groups excluding carboxylic acids is 3. The van der Waals surface area contributed by atoms with Crippen molar-refractivity contribution in [3.05, 3.63) is 27.1 Å². The largest absolute Gasteiger partial charge is 0.490 e. The molecule has 3 amide bonds. The molecule has 0 aliphatic carbocycles. The first-order valence-electron chi connectivity index (χ1n) is 9.64. The van der Waals surface area contributed by atoms with Gasteiger partial charge in [0.1, 0.15) is 6.54 Å². The van der Waals surface area contributed by atoms with Crippen LogP contribution in [-0.4, -0.2) is 70.8 Å². The summed E-state index contributed by atoms with van der Waals surface area (Å²) in [6.45, 7) is 2.58. The van der Waals surface area contributed by atoms with Crippen LogP contribution in [0.2, 0.25) is 0 Å². The van der Waals surface area contributed by atoms with Crippen LogP contribution in [-0.2, 0) is 14.4 Å². The summed E-state index contributed by atoms with van der Waals surface area (Å²) in [6, 6.07) is 3.13. The highest BCUT2D eigenvalue weighted by Gasteiger charge is 2.37. The van der Waals surface area contributed by atoms with Crippen LogP contribution >= 0.6 is 27.7 Å². The van der Waals surface area contributed by atoms with E-state index in [2.05, 4.69) is 15.9 Å². The van der Waals surface area contributed by atoms with Gasteiger partial charge >= 0.3 is 5.97 Å². The molecule has 9 nitrogen and oxygen atoms in total. The van der Waals surface area contributed by atoms with E-state index in [4.69, 9.17) is 14.6 Å². The molecular formula is C20H21BrN2O7S. The number of carbonyl (C=O) groups is 4. The molecule has 2 saturated heterocycles. The summed E-state index contributed by atoms with van der Waals surface area (Å²) >= 11 is 4.14. The van der Waals surface area contributed by atoms with Gasteiger partial charge in [0.15, 0.2) is 18.1 Å². The summed E-state index contributed by atoms with van der Waals surface area (Å²) < 4.78 is 11.3. The standard InChI is InChI=1S/C20H21BrN2O7S/c1-2-29-14-7-12(13(21)9-15(14)30-11-18(25)26)8-16-19(27)23(20(28)31-16)10-17(24)22-5-3-4-6-22/h7-9H,2-6,10-11H2,1H3,(H,25,26)/b16-8+. The molecule has 166 valence electrons. The zero-order valence-corrected chi connectivity index (χ0v) is 19.2. The van der Waals surface area contributed by atoms with Crippen LogP contribution in [0.4, 0.5) is 4.79 Å². The molecule has 1 aromatic carbocycles. The van der Waals surface area contributed by atoms with Crippen molar-refractivity contribution in [1.29, 1.82) is 0 Å². The molecule has 31 heavy (non-hydrogen) atoms. The van der Waals surface area contributed by atoms with Gasteiger partial charge in [0.2, 0.25) is 5.91 Å². The number of aliphatic carboxylic acids is 1. The number of likely N-dealkylation sites (tertiary alicyclic amines) is 1. The van der Waals surface area contributed by atoms with Gasteiger partial charge in [0.05, 0.1) is 11.5 Å². The van der Waals surface area contributed by atoms with E-state index >= 15 is 0 Å². The average Bonchev–Trinajstić information content (AvgIpc) is 3.34. The number of nitrogens with zero attached hydrogens (tertiary/aromatic N) is 2. The molecule has 1 N–H and O–H groups in total. The van der Waals surface area contributed by atoms with Crippen molar-refractivity contribution in [1.82, 2.24) is 9.80 Å². The number of imide groups is 1. The van der Waals surface area contributed by atoms with Crippen LogP contribution in [0.5, 0.6) is 11.5 Å². The first kappa shape index (κ1) is 23.1. The summed E-state index contributed by atoms with van der Waals surface area (Å²) in [5, 5.41) is 8.33. The molecule has 2 aliphatic rings. The van der Waals surface area contributed by atoms with E-state index in [9.17, 15) is 19.2 Å². The molecule has 1 aromatic rings. The molecule has 2 aliphatic heterocycles. The molecule has 11 heteroatoms. The Hall–Kier alpha value is -2.53. The van der Waals surface area contributed by atoms with Crippen molar-refractivity contribution in [2.45, 2.75) is 19.8 Å². The van der Waals surface area contributed by atoms with Crippen LogP contribution in [0.25, 0.3) is 6.08 Å². The van der Waals surface area contributed by atoms with Crippen molar-refractivity contribution in [3.8, 4) is 11.5 Å². The molecule has 0 bridgehead atoms. The molecular weight excluding hydrogens is 492 g/mol. The first-order valence-corrected chi connectivity index (χ1v) is 11.2. The van der Waals surface area contributed by atoms with Crippen molar-refractivity contribution in [3.63, 3.8) is 0 Å². The lowest BCUT2D eigenvalue weighted by Crippen LogP contribution is -2.40. The normalized spacial score (nSPS) is 17.5. The second-order valence-electron chi connectivity index (χ2n) is 6.79. The molecule has 0 saturated carbocycles. The summed E-state index contributed by atoms with van der Waals surface area (Å²) in [6.07, 6.45) is 3.38. The maximum absolute atomic E-state index is 12.7. The van der Waals surface area contributed by atoms with E-state index in [1.54, 1.807) is 24.0 Å². The molecule has 2 heterocycles. The van der Waals surface area contributed by atoms with Crippen LogP contribution < -0.4 is 9.47 Å². The Bertz CT molecular complexity index is 944. The number of benzene rings is 1. The molecule has 0 aromatic heterocycles. The van der Waals surface area contributed by atoms with Gasteiger partial charge < -0.3 is 19.5 Å². The summed E-state index contributed by atoms with van der Waals surface area (Å²) in [7, 11) is 0. The fraction of sp³-hybridized carbons (Fsp3) is 0.400. The predicted molar refractivity (Wildman–Crippen MR) is 117 cm³/mol. The Kier molecular flexibility index (Phi) is 7.60. The van der Waals surface area contributed by atoms with E-state index in [-0.39, 0.29) is 23.1 Å². The molecule has 0 spiro atoms. The van der Waals surface area contributed by atoms with Gasteiger partial charge in [-0.1, -0.05) is 15.9 Å². The minimum absolute atomic E-state index is 0.182. The van der Waals surface area contributed by atoms with Gasteiger partial charge in [-0.3, -0.25) is 19.3 Å². The average molecular weight is 513 g/mol. The summed E-state index contributed by atoms with van der Waals surface area (Å²) in [4.78, 5) is 51.0. The van der Waals surface area contributed by atoms with Gasteiger partial charge in [-0.15, -0.1) is 0 Å². The molecule has 0 atom stereocenters. The van der Waals surface area contributed by atoms with E-state index in [1.165, 1.54) is 6.08 Å². The van der Waals surface area contributed by atoms with E-state index < -0.39 is 23.7 Å². The number of amides is 3. The quantitative estimate of drug-likeness (QED) is 0.528. The lowest BCUT2D eigenvalue weighted by atomic mass is 10.1. The number of hydrogen-bond acceptors (Lipinski definition) is 7. The molecule has 2 fully saturated rings. The Balaban J connectivity index is 1.80. The maximum atomic E-state index is 12.7. The zero-order valence-electron chi connectivity index (χ0n) is 16.8. The minimum atomic E-state index is -1.13. The second-order valence-corrected chi connectivity index (χ2v) is 8.64. The van der Waals surface area contributed by atoms with Crippen molar-refractivity contribution >= 4 is 56.8 Å². The van der Waals surface area contributed by atoms with Crippen molar-refractivity contribution in [2.75, 3.05) is 32.8 Å². The van der Waals surface area contributed by atoms with Gasteiger partial charge in [-0.05, 0) is 55.3 Å². The highest BCUT2D eigenvalue weighted by atomic mass is 79.9. The van der Waals surface area contributed by atoms with Gasteiger partial charge in [0.25, 0.3) is 11.1 Å². The third-order valence-electron chi connectivity index (χ3n) is 4.63. The lowest BCUT2D eigenvalue weighted by Gasteiger charge is -2.18. The molecule has 0 unspecified atom stereocenters. The van der Waals surface area contributed by atoms with E-state index in [0.717, 1.165) is 29.5 Å². The molecule has 0 radical (unpaired) electrons. The highest BCUT2D eigenvalue weighted by molar-refractivity contribution is 9.10. The third-order valence-corrected chi connectivity index (χ3v) is 6.22. The number of ether oxygens (including phenoxy) is 2. The Morgan fingerprint density at radius 2 is 1.87 bits per heavy atom. The maximum Gasteiger partial charge on any atom is 0.341 e. The first-order chi connectivity index (χ1) is 14.8. The van der Waals surface area contributed by atoms with Crippen LogP contribution in [0.15, 0.2) is 21.5 Å². The molecule has 3 rings (SSSR count).